The number of methoxy groups -OCH3 is 2. The number of hydrogen-bond acceptors (Lipinski definition) is 7. The van der Waals surface area contributed by atoms with Gasteiger partial charge in [0.1, 0.15) is 13.1 Å². The Morgan fingerprint density at radius 3 is 2.40 bits per heavy atom. The summed E-state index contributed by atoms with van der Waals surface area (Å²) in [5, 5.41) is 4.30. The molecule has 2 heterocycles. The van der Waals surface area contributed by atoms with Crippen molar-refractivity contribution in [2.24, 2.45) is 4.99 Å². The van der Waals surface area contributed by atoms with Gasteiger partial charge in [0.2, 0.25) is 0 Å². The first-order valence-electron chi connectivity index (χ1n) is 9.35. The number of rotatable bonds is 7. The number of hydrogen-bond donors (Lipinski definition) is 0. The van der Waals surface area contributed by atoms with Crippen molar-refractivity contribution in [1.82, 2.24) is 14.3 Å². The van der Waals surface area contributed by atoms with Crippen molar-refractivity contribution in [3.05, 3.63) is 34.4 Å². The highest BCUT2D eigenvalue weighted by atomic mass is 32.1. The fourth-order valence-corrected chi connectivity index (χ4v) is 4.13. The van der Waals surface area contributed by atoms with Crippen molar-refractivity contribution >= 4 is 33.4 Å². The molecule has 0 radical (unpaired) electrons. The highest BCUT2D eigenvalue weighted by Crippen LogP contribution is 2.33. The Morgan fingerprint density at radius 2 is 1.80 bits per heavy atom. The Hall–Kier alpha value is -3.14. The first-order chi connectivity index (χ1) is 14.4. The number of thiazole rings is 1. The molecule has 0 bridgehead atoms. The molecule has 0 N–H and O–H groups in total. The highest BCUT2D eigenvalue weighted by molar-refractivity contribution is 7.16. The zero-order chi connectivity index (χ0) is 21.8. The number of aryl methyl sites for hydroxylation is 2. The Labute approximate surface area is 177 Å². The van der Waals surface area contributed by atoms with Crippen molar-refractivity contribution in [3.63, 3.8) is 0 Å². The van der Waals surface area contributed by atoms with Gasteiger partial charge >= 0.3 is 5.97 Å². The molecule has 160 valence electrons. The first-order valence-corrected chi connectivity index (χ1v) is 10.2. The summed E-state index contributed by atoms with van der Waals surface area (Å²) in [5.41, 5.74) is 2.41. The van der Waals surface area contributed by atoms with Crippen LogP contribution in [0.4, 0.5) is 0 Å². The third-order valence-corrected chi connectivity index (χ3v) is 5.43. The molecule has 1 aromatic carbocycles. The van der Waals surface area contributed by atoms with Crippen molar-refractivity contribution in [2.45, 2.75) is 33.9 Å². The minimum atomic E-state index is -0.417. The molecule has 2 aromatic heterocycles. The van der Waals surface area contributed by atoms with Gasteiger partial charge in [-0.05, 0) is 26.8 Å². The number of carbonyl (C=O) groups excluding carboxylic acids is 2. The molecule has 0 fully saturated rings. The van der Waals surface area contributed by atoms with Crippen LogP contribution in [0.2, 0.25) is 0 Å². The van der Waals surface area contributed by atoms with Gasteiger partial charge in [0.15, 0.2) is 16.3 Å². The van der Waals surface area contributed by atoms with Crippen LogP contribution in [0, 0.1) is 13.8 Å². The van der Waals surface area contributed by atoms with E-state index < -0.39 is 5.97 Å². The summed E-state index contributed by atoms with van der Waals surface area (Å²) in [4.78, 5) is 29.5. The number of nitrogens with zero attached hydrogens (tertiary/aromatic N) is 4. The predicted molar refractivity (Wildman–Crippen MR) is 112 cm³/mol. The summed E-state index contributed by atoms with van der Waals surface area (Å²) < 4.78 is 19.9. The minimum absolute atomic E-state index is 0.0139. The average molecular weight is 433 g/mol. The molecular weight excluding hydrogens is 408 g/mol. The number of fused-ring (bicyclic) bond motifs is 1. The van der Waals surface area contributed by atoms with Crippen LogP contribution in [0.1, 0.15) is 18.3 Å². The first kappa shape index (κ1) is 21.6. The normalized spacial score (nSPS) is 11.7. The Bertz CT molecular complexity index is 1160. The van der Waals surface area contributed by atoms with Gasteiger partial charge in [-0.25, -0.2) is 0 Å². The molecule has 0 aliphatic rings. The van der Waals surface area contributed by atoms with Gasteiger partial charge in [-0.15, -0.1) is 0 Å². The lowest BCUT2D eigenvalue weighted by Gasteiger charge is -2.09. The SMILES string of the molecule is CCOC(=O)Cn1c(=NC(=O)Cn2nc(C)cc2C)sc2cc(OC)c(OC)cc21. The quantitative estimate of drug-likeness (QED) is 0.531. The topological polar surface area (TPSA) is 96.9 Å². The molecule has 0 spiro atoms. The monoisotopic (exact) mass is 432 g/mol. The minimum Gasteiger partial charge on any atom is -0.493 e. The van der Waals surface area contributed by atoms with Crippen LogP contribution in [-0.4, -0.2) is 47.1 Å². The fraction of sp³-hybridized carbons (Fsp3) is 0.400. The molecule has 0 atom stereocenters. The van der Waals surface area contributed by atoms with Gasteiger partial charge < -0.3 is 18.8 Å². The van der Waals surface area contributed by atoms with E-state index in [9.17, 15) is 9.59 Å². The largest absolute Gasteiger partial charge is 0.493 e. The van der Waals surface area contributed by atoms with Crippen molar-refractivity contribution in [2.75, 3.05) is 20.8 Å². The lowest BCUT2D eigenvalue weighted by Crippen LogP contribution is -2.24. The van der Waals surface area contributed by atoms with E-state index in [-0.39, 0.29) is 25.6 Å². The van der Waals surface area contributed by atoms with Crippen molar-refractivity contribution < 1.29 is 23.8 Å². The van der Waals surface area contributed by atoms with Gasteiger partial charge in [0.05, 0.1) is 36.7 Å². The van der Waals surface area contributed by atoms with Gasteiger partial charge in [-0.3, -0.25) is 14.3 Å². The number of benzene rings is 1. The maximum Gasteiger partial charge on any atom is 0.326 e. The molecule has 3 rings (SSSR count). The summed E-state index contributed by atoms with van der Waals surface area (Å²) >= 11 is 1.28. The molecule has 0 saturated heterocycles. The number of amides is 1. The predicted octanol–water partition coefficient (Wildman–Crippen LogP) is 2.22. The van der Waals surface area contributed by atoms with Gasteiger partial charge in [0.25, 0.3) is 5.91 Å². The maximum atomic E-state index is 12.6. The van der Waals surface area contributed by atoms with Gasteiger partial charge in [-0.2, -0.15) is 10.1 Å². The van der Waals surface area contributed by atoms with Crippen LogP contribution in [0.5, 0.6) is 11.5 Å². The van der Waals surface area contributed by atoms with Crippen LogP contribution in [-0.2, 0) is 27.4 Å². The van der Waals surface area contributed by atoms with Crippen LogP contribution >= 0.6 is 11.3 Å². The zero-order valence-electron chi connectivity index (χ0n) is 17.6. The van der Waals surface area contributed by atoms with Gasteiger partial charge in [0, 0.05) is 17.8 Å². The smallest absolute Gasteiger partial charge is 0.326 e. The third kappa shape index (κ3) is 4.54. The lowest BCUT2D eigenvalue weighted by molar-refractivity contribution is -0.143. The second-order valence-corrected chi connectivity index (χ2v) is 7.55. The van der Waals surface area contributed by atoms with Crippen molar-refractivity contribution in [3.8, 4) is 11.5 Å². The molecule has 9 nitrogen and oxygen atoms in total. The third-order valence-electron chi connectivity index (χ3n) is 4.39. The fourth-order valence-electron chi connectivity index (χ4n) is 3.08. The molecule has 30 heavy (non-hydrogen) atoms. The Kier molecular flexibility index (Phi) is 6.56. The summed E-state index contributed by atoms with van der Waals surface area (Å²) in [5.74, 6) is 0.278. The zero-order valence-corrected chi connectivity index (χ0v) is 18.4. The maximum absolute atomic E-state index is 12.6. The van der Waals surface area contributed by atoms with Crippen LogP contribution < -0.4 is 14.3 Å². The Balaban J connectivity index is 2.08. The summed E-state index contributed by atoms with van der Waals surface area (Å²) in [7, 11) is 3.09. The molecule has 0 saturated carbocycles. The molecule has 10 heteroatoms. The number of aromatic nitrogens is 3. The average Bonchev–Trinajstić information content (AvgIpc) is 3.18. The van der Waals surface area contributed by atoms with E-state index in [4.69, 9.17) is 14.2 Å². The molecule has 0 aliphatic heterocycles. The second-order valence-electron chi connectivity index (χ2n) is 6.54. The van der Waals surface area contributed by atoms with E-state index in [1.165, 1.54) is 18.4 Å². The summed E-state index contributed by atoms with van der Waals surface area (Å²) in [6, 6.07) is 5.45. The lowest BCUT2D eigenvalue weighted by atomic mass is 10.3. The second kappa shape index (κ2) is 9.12. The molecule has 3 aromatic rings. The van der Waals surface area contributed by atoms with Crippen LogP contribution in [0.3, 0.4) is 0 Å². The summed E-state index contributed by atoms with van der Waals surface area (Å²) in [6.07, 6.45) is 0. The van der Waals surface area contributed by atoms with E-state index in [2.05, 4.69) is 10.1 Å². The molecule has 0 unspecified atom stereocenters. The molecule has 1 amide bonds. The highest BCUT2D eigenvalue weighted by Gasteiger charge is 2.16. The number of carbonyl (C=O) groups is 2. The van der Waals surface area contributed by atoms with E-state index in [1.54, 1.807) is 35.4 Å². The van der Waals surface area contributed by atoms with Crippen LogP contribution in [0.15, 0.2) is 23.2 Å². The van der Waals surface area contributed by atoms with Crippen LogP contribution in [0.25, 0.3) is 10.2 Å². The standard InChI is InChI=1S/C20H24N4O5S/c1-6-29-19(26)11-23-14-8-15(27-4)16(28-5)9-17(14)30-20(23)21-18(25)10-24-13(3)7-12(2)22-24/h7-9H,6,10-11H2,1-5H3. The van der Waals surface area contributed by atoms with Gasteiger partial charge in [-0.1, -0.05) is 11.3 Å². The van der Waals surface area contributed by atoms with E-state index in [0.717, 1.165) is 16.1 Å². The van der Waals surface area contributed by atoms with E-state index in [0.29, 0.717) is 21.8 Å². The number of ether oxygens (including phenoxy) is 3. The Morgan fingerprint density at radius 1 is 1.10 bits per heavy atom. The number of esters is 1. The summed E-state index contributed by atoms with van der Waals surface area (Å²) in [6.45, 7) is 5.69. The van der Waals surface area contributed by atoms with E-state index >= 15 is 0 Å². The van der Waals surface area contributed by atoms with Crippen molar-refractivity contribution in [1.29, 1.82) is 0 Å². The molecular formula is C20H24N4O5S. The molecule has 0 aliphatic carbocycles. The van der Waals surface area contributed by atoms with E-state index in [1.807, 2.05) is 19.9 Å².